The van der Waals surface area contributed by atoms with Crippen LogP contribution >= 0.6 is 11.3 Å². The van der Waals surface area contributed by atoms with Gasteiger partial charge in [0.15, 0.2) is 5.01 Å². The average molecular weight is 553 g/mol. The Morgan fingerprint density at radius 1 is 1.02 bits per heavy atom. The van der Waals surface area contributed by atoms with E-state index in [2.05, 4.69) is 27.2 Å². The van der Waals surface area contributed by atoms with Gasteiger partial charge in [-0.1, -0.05) is 18.2 Å². The summed E-state index contributed by atoms with van der Waals surface area (Å²) in [5.74, 6) is -0.832. The molecule has 202 valence electrons. The van der Waals surface area contributed by atoms with Gasteiger partial charge in [-0.2, -0.15) is 0 Å². The van der Waals surface area contributed by atoms with Crippen LogP contribution in [0, 0.1) is 6.92 Å². The molecule has 1 fully saturated rings. The number of primary amides is 1. The molecule has 1 saturated heterocycles. The molecule has 0 bridgehead atoms. The number of hydrogen-bond donors (Lipinski definition) is 3. The van der Waals surface area contributed by atoms with Gasteiger partial charge in [-0.05, 0) is 61.0 Å². The van der Waals surface area contributed by atoms with Gasteiger partial charge in [0.1, 0.15) is 0 Å². The number of carbonyl (C=O) groups excluding carboxylic acids is 3. The molecule has 9 nitrogen and oxygen atoms in total. The molecule has 40 heavy (non-hydrogen) atoms. The van der Waals surface area contributed by atoms with Crippen LogP contribution in [0.15, 0.2) is 60.1 Å². The fourth-order valence-electron chi connectivity index (χ4n) is 5.34. The number of amides is 3. The van der Waals surface area contributed by atoms with Crippen LogP contribution in [0.5, 0.6) is 0 Å². The Bertz CT molecular complexity index is 1780. The van der Waals surface area contributed by atoms with Crippen LogP contribution in [0.3, 0.4) is 0 Å². The summed E-state index contributed by atoms with van der Waals surface area (Å²) in [5.41, 5.74) is 11.4. The highest BCUT2D eigenvalue weighted by Gasteiger charge is 2.23. The van der Waals surface area contributed by atoms with Gasteiger partial charge in [-0.25, -0.2) is 4.98 Å². The van der Waals surface area contributed by atoms with Crippen LogP contribution in [0.2, 0.25) is 0 Å². The molecule has 0 spiro atoms. The molecule has 2 aromatic heterocycles. The number of nitrogens with one attached hydrogen (secondary N) is 2. The van der Waals surface area contributed by atoms with Crippen LogP contribution in [-0.2, 0) is 0 Å². The second kappa shape index (κ2) is 10.2. The number of nitrogens with two attached hydrogens (primary N) is 1. The van der Waals surface area contributed by atoms with E-state index in [-0.39, 0.29) is 11.8 Å². The van der Waals surface area contributed by atoms with E-state index in [1.54, 1.807) is 17.6 Å². The second-order valence-corrected chi connectivity index (χ2v) is 10.9. The van der Waals surface area contributed by atoms with Gasteiger partial charge >= 0.3 is 0 Å². The predicted molar refractivity (Wildman–Crippen MR) is 158 cm³/mol. The fraction of sp³-hybridized carbons (Fsp3) is 0.200. The molecule has 6 rings (SSSR count). The SMILES string of the molecule is Cc1c(NC(=O)c2nccs2)cccc1-c1ccc(C(N)=O)c2[nH]c3ccc(C(=O)N4CCN(C)CC4)cc3c12. The van der Waals surface area contributed by atoms with Crippen LogP contribution < -0.4 is 11.1 Å². The highest BCUT2D eigenvalue weighted by molar-refractivity contribution is 7.11. The number of piperazine rings is 1. The molecular formula is C30H28N6O3S. The van der Waals surface area contributed by atoms with Gasteiger partial charge in [-0.3, -0.25) is 14.4 Å². The van der Waals surface area contributed by atoms with E-state index in [0.29, 0.717) is 40.4 Å². The fourth-order valence-corrected chi connectivity index (χ4v) is 5.87. The zero-order chi connectivity index (χ0) is 28.0. The van der Waals surface area contributed by atoms with Gasteiger partial charge in [0.05, 0.1) is 11.1 Å². The Morgan fingerprint density at radius 2 is 1.82 bits per heavy atom. The van der Waals surface area contributed by atoms with E-state index in [1.807, 2.05) is 54.3 Å². The zero-order valence-corrected chi connectivity index (χ0v) is 23.0. The molecule has 0 aliphatic carbocycles. The lowest BCUT2D eigenvalue weighted by Gasteiger charge is -2.32. The normalized spacial score (nSPS) is 14.1. The monoisotopic (exact) mass is 552 g/mol. The van der Waals surface area contributed by atoms with Crippen molar-refractivity contribution in [2.75, 3.05) is 38.5 Å². The molecule has 4 N–H and O–H groups in total. The third-order valence-corrected chi connectivity index (χ3v) is 8.33. The van der Waals surface area contributed by atoms with E-state index >= 15 is 0 Å². The van der Waals surface area contributed by atoms with Crippen molar-refractivity contribution in [3.05, 3.63) is 81.8 Å². The minimum Gasteiger partial charge on any atom is -0.366 e. The molecule has 5 aromatic rings. The first-order chi connectivity index (χ1) is 19.3. The molecule has 1 aliphatic rings. The summed E-state index contributed by atoms with van der Waals surface area (Å²) >= 11 is 1.27. The number of likely N-dealkylation sites (N-methyl/N-ethyl adjacent to an activating group) is 1. The largest absolute Gasteiger partial charge is 0.366 e. The van der Waals surface area contributed by atoms with Crippen molar-refractivity contribution in [2.24, 2.45) is 5.73 Å². The lowest BCUT2D eigenvalue weighted by atomic mass is 9.93. The van der Waals surface area contributed by atoms with E-state index in [1.165, 1.54) is 11.3 Å². The Labute approximate surface area is 234 Å². The number of hydrogen-bond acceptors (Lipinski definition) is 6. The van der Waals surface area contributed by atoms with Crippen molar-refractivity contribution < 1.29 is 14.4 Å². The number of thiazole rings is 1. The maximum absolute atomic E-state index is 13.4. The van der Waals surface area contributed by atoms with Gasteiger partial charge in [0.2, 0.25) is 0 Å². The highest BCUT2D eigenvalue weighted by atomic mass is 32.1. The second-order valence-electron chi connectivity index (χ2n) is 10.0. The Balaban J connectivity index is 1.49. The standard InChI is InChI=1S/C30H28N6O3S/c1-17-19(4-3-5-23(17)34-28(38)29-32-10-15-40-29)20-7-8-21(27(31)37)26-25(20)22-16-18(6-9-24(22)33-26)30(39)36-13-11-35(2)12-14-36/h3-10,15-16,33H,11-14H2,1-2H3,(H2,31,37)(H,34,38). The average Bonchev–Trinajstić information content (AvgIpc) is 3.62. The number of nitrogens with zero attached hydrogens (tertiary/aromatic N) is 3. The van der Waals surface area contributed by atoms with Crippen LogP contribution in [0.1, 0.15) is 36.1 Å². The van der Waals surface area contributed by atoms with Crippen molar-refractivity contribution in [3.63, 3.8) is 0 Å². The number of rotatable bonds is 5. The summed E-state index contributed by atoms with van der Waals surface area (Å²) in [4.78, 5) is 50.1. The molecule has 0 atom stereocenters. The van der Waals surface area contributed by atoms with Crippen molar-refractivity contribution in [3.8, 4) is 11.1 Å². The number of benzene rings is 3. The smallest absolute Gasteiger partial charge is 0.284 e. The number of anilines is 1. The highest BCUT2D eigenvalue weighted by Crippen LogP contribution is 2.39. The minimum absolute atomic E-state index is 0.0139. The van der Waals surface area contributed by atoms with Crippen molar-refractivity contribution in [1.29, 1.82) is 0 Å². The molecule has 0 radical (unpaired) electrons. The molecule has 3 aromatic carbocycles. The first-order valence-electron chi connectivity index (χ1n) is 13.0. The molecule has 10 heteroatoms. The number of fused-ring (bicyclic) bond motifs is 3. The Kier molecular flexibility index (Phi) is 6.57. The molecule has 3 heterocycles. The number of aromatic amines is 1. The molecule has 0 saturated carbocycles. The van der Waals surface area contributed by atoms with Gasteiger partial charge in [0, 0.05) is 65.3 Å². The molecular weight excluding hydrogens is 524 g/mol. The summed E-state index contributed by atoms with van der Waals surface area (Å²) in [5, 5.41) is 6.73. The van der Waals surface area contributed by atoms with Crippen LogP contribution in [-0.4, -0.2) is 70.7 Å². The maximum Gasteiger partial charge on any atom is 0.284 e. The number of aromatic nitrogens is 2. The van der Waals surface area contributed by atoms with Crippen molar-refractivity contribution >= 4 is 56.6 Å². The lowest BCUT2D eigenvalue weighted by molar-refractivity contribution is 0.0664. The van der Waals surface area contributed by atoms with Crippen LogP contribution in [0.25, 0.3) is 32.9 Å². The quantitative estimate of drug-likeness (QED) is 0.296. The maximum atomic E-state index is 13.4. The number of carbonyl (C=O) groups is 3. The molecule has 3 amide bonds. The first kappa shape index (κ1) is 25.7. The topological polar surface area (TPSA) is 124 Å². The molecule has 1 aliphatic heterocycles. The van der Waals surface area contributed by atoms with E-state index in [9.17, 15) is 14.4 Å². The third kappa shape index (κ3) is 4.51. The summed E-state index contributed by atoms with van der Waals surface area (Å²) < 4.78 is 0. The van der Waals surface area contributed by atoms with Crippen LogP contribution in [0.4, 0.5) is 5.69 Å². The predicted octanol–water partition coefficient (Wildman–Crippen LogP) is 4.49. The summed E-state index contributed by atoms with van der Waals surface area (Å²) in [6.07, 6.45) is 1.60. The Hall–Kier alpha value is -4.54. The zero-order valence-electron chi connectivity index (χ0n) is 22.2. The van der Waals surface area contributed by atoms with Gasteiger partial charge < -0.3 is 25.8 Å². The van der Waals surface area contributed by atoms with Gasteiger partial charge in [-0.15, -0.1) is 11.3 Å². The Morgan fingerprint density at radius 3 is 2.55 bits per heavy atom. The third-order valence-electron chi connectivity index (χ3n) is 7.56. The van der Waals surface area contributed by atoms with Gasteiger partial charge in [0.25, 0.3) is 17.7 Å². The lowest BCUT2D eigenvalue weighted by Crippen LogP contribution is -2.47. The summed E-state index contributed by atoms with van der Waals surface area (Å²) in [6, 6.07) is 14.9. The van der Waals surface area contributed by atoms with E-state index in [4.69, 9.17) is 5.73 Å². The van der Waals surface area contributed by atoms with E-state index in [0.717, 1.165) is 46.1 Å². The number of H-pyrrole nitrogens is 1. The summed E-state index contributed by atoms with van der Waals surface area (Å²) in [7, 11) is 2.05. The first-order valence-corrected chi connectivity index (χ1v) is 13.9. The van der Waals surface area contributed by atoms with Crippen molar-refractivity contribution in [2.45, 2.75) is 6.92 Å². The molecule has 0 unspecified atom stereocenters. The van der Waals surface area contributed by atoms with Crippen molar-refractivity contribution in [1.82, 2.24) is 19.8 Å². The minimum atomic E-state index is -0.543. The summed E-state index contributed by atoms with van der Waals surface area (Å²) in [6.45, 7) is 4.97. The van der Waals surface area contributed by atoms with E-state index < -0.39 is 5.91 Å².